The summed E-state index contributed by atoms with van der Waals surface area (Å²) >= 11 is 0. The molecule has 0 bridgehead atoms. The first-order valence-electron chi connectivity index (χ1n) is 12.8. The van der Waals surface area contributed by atoms with E-state index >= 15 is 0 Å². The number of carbonyl (C=O) groups excluding carboxylic acids is 2. The molecule has 3 aromatic rings. The standard InChI is InChI=1S/C31H33NO7/c1-19(39-31(2,3)4)27(29(35)37-17-20-13-15-21(16-14-20)28(33)34)32-30(36)38-18-26-24-11-7-5-9-22(24)23-10-6-8-12-25(23)26/h5-16,19,26-27H,17-18H2,1-4H3,(H,32,36)(H,33,34)/t19-,27+/m1/s1. The largest absolute Gasteiger partial charge is 0.478 e. The van der Waals surface area contributed by atoms with E-state index in [4.69, 9.17) is 19.3 Å². The number of rotatable bonds is 9. The van der Waals surface area contributed by atoms with Crippen molar-refractivity contribution >= 4 is 18.0 Å². The summed E-state index contributed by atoms with van der Waals surface area (Å²) in [4.78, 5) is 37.1. The molecule has 1 aliphatic rings. The number of benzene rings is 3. The Hall–Kier alpha value is -4.17. The number of esters is 1. The van der Waals surface area contributed by atoms with Crippen molar-refractivity contribution in [2.24, 2.45) is 0 Å². The number of amides is 1. The molecule has 39 heavy (non-hydrogen) atoms. The van der Waals surface area contributed by atoms with Gasteiger partial charge in [0.05, 0.1) is 17.3 Å². The maximum Gasteiger partial charge on any atom is 0.407 e. The van der Waals surface area contributed by atoms with Crippen molar-refractivity contribution in [1.29, 1.82) is 0 Å². The van der Waals surface area contributed by atoms with Crippen LogP contribution in [0, 0.1) is 0 Å². The van der Waals surface area contributed by atoms with Crippen LogP contribution in [0.3, 0.4) is 0 Å². The van der Waals surface area contributed by atoms with Gasteiger partial charge in [-0.3, -0.25) is 0 Å². The molecule has 0 saturated carbocycles. The molecule has 1 aliphatic carbocycles. The lowest BCUT2D eigenvalue weighted by molar-refractivity contribution is -0.154. The van der Waals surface area contributed by atoms with Crippen LogP contribution in [-0.2, 0) is 25.6 Å². The van der Waals surface area contributed by atoms with Crippen LogP contribution in [-0.4, -0.2) is 47.5 Å². The molecule has 0 saturated heterocycles. The summed E-state index contributed by atoms with van der Waals surface area (Å²) in [6, 6.07) is 21.0. The Kier molecular flexibility index (Phi) is 8.35. The third-order valence-corrected chi connectivity index (χ3v) is 6.46. The third kappa shape index (κ3) is 6.83. The lowest BCUT2D eigenvalue weighted by Gasteiger charge is -2.30. The van der Waals surface area contributed by atoms with Crippen LogP contribution in [0.1, 0.15) is 60.7 Å². The number of aromatic carboxylic acids is 1. The van der Waals surface area contributed by atoms with Gasteiger partial charge in [0.2, 0.25) is 0 Å². The predicted octanol–water partition coefficient (Wildman–Crippen LogP) is 5.54. The Morgan fingerprint density at radius 3 is 1.97 bits per heavy atom. The fourth-order valence-corrected chi connectivity index (χ4v) is 4.75. The van der Waals surface area contributed by atoms with Crippen LogP contribution in [0.4, 0.5) is 4.79 Å². The maximum atomic E-state index is 13.1. The quantitative estimate of drug-likeness (QED) is 0.349. The summed E-state index contributed by atoms with van der Waals surface area (Å²) in [5.41, 5.74) is 4.57. The molecule has 1 amide bonds. The van der Waals surface area contributed by atoms with E-state index < -0.39 is 35.8 Å². The molecule has 0 spiro atoms. The number of hydrogen-bond donors (Lipinski definition) is 2. The fraction of sp³-hybridized carbons (Fsp3) is 0.323. The van der Waals surface area contributed by atoms with E-state index in [1.165, 1.54) is 12.1 Å². The summed E-state index contributed by atoms with van der Waals surface area (Å²) in [5, 5.41) is 11.7. The van der Waals surface area contributed by atoms with Gasteiger partial charge in [-0.2, -0.15) is 0 Å². The molecule has 0 aromatic heterocycles. The minimum absolute atomic E-state index is 0.0934. The average molecular weight is 532 g/mol. The maximum absolute atomic E-state index is 13.1. The smallest absolute Gasteiger partial charge is 0.407 e. The molecule has 0 heterocycles. The highest BCUT2D eigenvalue weighted by atomic mass is 16.6. The summed E-state index contributed by atoms with van der Waals surface area (Å²) in [6.07, 6.45) is -1.47. The number of carboxylic acids is 1. The number of carbonyl (C=O) groups is 3. The number of nitrogens with one attached hydrogen (secondary N) is 1. The van der Waals surface area contributed by atoms with Gasteiger partial charge in [-0.05, 0) is 67.6 Å². The molecule has 3 aromatic carbocycles. The molecule has 0 radical (unpaired) electrons. The zero-order chi connectivity index (χ0) is 28.2. The van der Waals surface area contributed by atoms with E-state index in [1.54, 1.807) is 19.1 Å². The Morgan fingerprint density at radius 1 is 0.872 bits per heavy atom. The topological polar surface area (TPSA) is 111 Å². The molecule has 8 nitrogen and oxygen atoms in total. The second-order valence-electron chi connectivity index (χ2n) is 10.5. The van der Waals surface area contributed by atoms with Crippen molar-refractivity contribution in [2.75, 3.05) is 6.61 Å². The van der Waals surface area contributed by atoms with Crippen molar-refractivity contribution < 1.29 is 33.7 Å². The van der Waals surface area contributed by atoms with Gasteiger partial charge in [-0.1, -0.05) is 60.7 Å². The first-order chi connectivity index (χ1) is 18.5. The molecule has 2 atom stereocenters. The predicted molar refractivity (Wildman–Crippen MR) is 145 cm³/mol. The second kappa shape index (κ2) is 11.7. The van der Waals surface area contributed by atoms with Gasteiger partial charge in [0.25, 0.3) is 0 Å². The number of ether oxygens (including phenoxy) is 3. The van der Waals surface area contributed by atoms with Gasteiger partial charge in [0.1, 0.15) is 13.2 Å². The van der Waals surface area contributed by atoms with Crippen LogP contribution in [0.25, 0.3) is 11.1 Å². The number of alkyl carbamates (subject to hydrolysis) is 1. The Morgan fingerprint density at radius 2 is 1.44 bits per heavy atom. The molecule has 0 unspecified atom stereocenters. The molecule has 8 heteroatoms. The normalized spacial score (nSPS) is 14.1. The minimum Gasteiger partial charge on any atom is -0.478 e. The van der Waals surface area contributed by atoms with Crippen LogP contribution in [0.15, 0.2) is 72.8 Å². The molecular weight excluding hydrogens is 498 g/mol. The molecule has 2 N–H and O–H groups in total. The van der Waals surface area contributed by atoms with Gasteiger partial charge >= 0.3 is 18.0 Å². The van der Waals surface area contributed by atoms with E-state index in [2.05, 4.69) is 17.4 Å². The second-order valence-corrected chi connectivity index (χ2v) is 10.5. The van der Waals surface area contributed by atoms with Gasteiger partial charge in [-0.25, -0.2) is 14.4 Å². The zero-order valence-corrected chi connectivity index (χ0v) is 22.5. The molecule has 0 fully saturated rings. The summed E-state index contributed by atoms with van der Waals surface area (Å²) < 4.78 is 17.0. The molecule has 0 aliphatic heterocycles. The van der Waals surface area contributed by atoms with Crippen LogP contribution < -0.4 is 5.32 Å². The summed E-state index contributed by atoms with van der Waals surface area (Å²) in [7, 11) is 0. The zero-order valence-electron chi connectivity index (χ0n) is 22.5. The van der Waals surface area contributed by atoms with Gasteiger partial charge in [-0.15, -0.1) is 0 Å². The first kappa shape index (κ1) is 27.9. The monoisotopic (exact) mass is 531 g/mol. The van der Waals surface area contributed by atoms with Crippen LogP contribution in [0.5, 0.6) is 0 Å². The highest BCUT2D eigenvalue weighted by Crippen LogP contribution is 2.44. The lowest BCUT2D eigenvalue weighted by atomic mass is 9.98. The fourth-order valence-electron chi connectivity index (χ4n) is 4.75. The molecule has 204 valence electrons. The Labute approximate surface area is 227 Å². The van der Waals surface area contributed by atoms with Crippen LogP contribution in [0.2, 0.25) is 0 Å². The number of hydrogen-bond acceptors (Lipinski definition) is 6. The van der Waals surface area contributed by atoms with E-state index in [0.29, 0.717) is 5.56 Å². The summed E-state index contributed by atoms with van der Waals surface area (Å²) in [6.45, 7) is 7.24. The lowest BCUT2D eigenvalue weighted by Crippen LogP contribution is -2.51. The van der Waals surface area contributed by atoms with Crippen LogP contribution >= 0.6 is 0 Å². The highest BCUT2D eigenvalue weighted by Gasteiger charge is 2.34. The van der Waals surface area contributed by atoms with Crippen molar-refractivity contribution in [3.05, 3.63) is 95.1 Å². The third-order valence-electron chi connectivity index (χ3n) is 6.46. The number of carboxylic acid groups (broad SMARTS) is 1. The SMILES string of the molecule is C[C@@H](OC(C)(C)C)[C@H](NC(=O)OCC1c2ccccc2-c2ccccc21)C(=O)OCc1ccc(C(=O)O)cc1. The van der Waals surface area contributed by atoms with Crippen molar-refractivity contribution in [3.8, 4) is 11.1 Å². The summed E-state index contributed by atoms with van der Waals surface area (Å²) in [5.74, 6) is -1.85. The van der Waals surface area contributed by atoms with Gasteiger partial charge in [0, 0.05) is 5.92 Å². The molecule has 4 rings (SSSR count). The average Bonchev–Trinajstić information content (AvgIpc) is 3.22. The van der Waals surface area contributed by atoms with E-state index in [-0.39, 0.29) is 24.7 Å². The van der Waals surface area contributed by atoms with E-state index in [1.807, 2.05) is 57.2 Å². The van der Waals surface area contributed by atoms with Gasteiger partial charge < -0.3 is 24.6 Å². The highest BCUT2D eigenvalue weighted by molar-refractivity contribution is 5.87. The van der Waals surface area contributed by atoms with Crippen molar-refractivity contribution in [3.63, 3.8) is 0 Å². The minimum atomic E-state index is -1.13. The van der Waals surface area contributed by atoms with E-state index in [9.17, 15) is 14.4 Å². The van der Waals surface area contributed by atoms with Crippen molar-refractivity contribution in [2.45, 2.75) is 58.0 Å². The van der Waals surface area contributed by atoms with E-state index in [0.717, 1.165) is 22.3 Å². The number of fused-ring (bicyclic) bond motifs is 3. The molecular formula is C31H33NO7. The van der Waals surface area contributed by atoms with Gasteiger partial charge in [0.15, 0.2) is 6.04 Å². The first-order valence-corrected chi connectivity index (χ1v) is 12.8. The van der Waals surface area contributed by atoms with Crippen molar-refractivity contribution in [1.82, 2.24) is 5.32 Å². The Balaban J connectivity index is 1.42. The Bertz CT molecular complexity index is 1300.